The zero-order chi connectivity index (χ0) is 5.61. The molecule has 2 saturated carbocycles. The summed E-state index contributed by atoms with van der Waals surface area (Å²) in [5.41, 5.74) is 6.33. The van der Waals surface area contributed by atoms with Crippen LogP contribution in [0.25, 0.3) is 0 Å². The molecule has 2 N–H and O–H groups in total. The Balaban J connectivity index is 1.93. The summed E-state index contributed by atoms with van der Waals surface area (Å²) in [5, 5.41) is 0. The van der Waals surface area contributed by atoms with Crippen molar-refractivity contribution < 1.29 is 0 Å². The lowest BCUT2D eigenvalue weighted by Gasteiger charge is -2.26. The molecule has 1 nitrogen and oxygen atoms in total. The smallest absolute Gasteiger partial charge is 0.00433 e. The van der Waals surface area contributed by atoms with E-state index >= 15 is 0 Å². The van der Waals surface area contributed by atoms with Gasteiger partial charge < -0.3 is 5.73 Å². The minimum atomic E-state index is 0.814. The molecule has 1 spiro atoms. The first-order valence-electron chi connectivity index (χ1n) is 3.57. The van der Waals surface area contributed by atoms with E-state index in [1.807, 2.05) is 0 Å². The Morgan fingerprint density at radius 1 is 1.50 bits per heavy atom. The van der Waals surface area contributed by atoms with E-state index in [1.165, 1.54) is 25.7 Å². The maximum atomic E-state index is 5.52. The van der Waals surface area contributed by atoms with Crippen LogP contribution >= 0.6 is 0 Å². The predicted octanol–water partition coefficient (Wildman–Crippen LogP) is 1.14. The number of nitrogens with two attached hydrogens (primary N) is 1. The second-order valence-electron chi connectivity index (χ2n) is 3.35. The molecule has 2 aliphatic carbocycles. The van der Waals surface area contributed by atoms with Crippen LogP contribution in [-0.4, -0.2) is 6.54 Å². The van der Waals surface area contributed by atoms with Gasteiger partial charge in [-0.1, -0.05) is 6.42 Å². The fourth-order valence-electron chi connectivity index (χ4n) is 2.01. The summed E-state index contributed by atoms with van der Waals surface area (Å²) in [6.07, 6.45) is 5.88. The lowest BCUT2D eigenvalue weighted by atomic mass is 9.80. The Bertz CT molecular complexity index is 105. The van der Waals surface area contributed by atoms with Gasteiger partial charge in [-0.2, -0.15) is 0 Å². The fraction of sp³-hybridized carbons (Fsp3) is 1.00. The topological polar surface area (TPSA) is 26.0 Å². The van der Waals surface area contributed by atoms with E-state index in [9.17, 15) is 0 Å². The van der Waals surface area contributed by atoms with Gasteiger partial charge in [0, 0.05) is 0 Å². The van der Waals surface area contributed by atoms with Crippen molar-refractivity contribution in [3.8, 4) is 0 Å². The first-order chi connectivity index (χ1) is 3.87. The highest BCUT2D eigenvalue weighted by atomic mass is 14.7. The summed E-state index contributed by atoms with van der Waals surface area (Å²) in [7, 11) is 0. The predicted molar refractivity (Wildman–Crippen MR) is 33.4 cm³/mol. The van der Waals surface area contributed by atoms with Crippen molar-refractivity contribution in [3.63, 3.8) is 0 Å². The van der Waals surface area contributed by atoms with Crippen LogP contribution in [0.3, 0.4) is 0 Å². The van der Waals surface area contributed by atoms with Crippen LogP contribution in [0, 0.1) is 11.3 Å². The monoisotopic (exact) mass is 111 g/mol. The van der Waals surface area contributed by atoms with E-state index in [0.717, 1.165) is 17.9 Å². The molecule has 0 aromatic rings. The summed E-state index contributed by atoms with van der Waals surface area (Å²) in [5.74, 6) is 0.927. The molecule has 2 rings (SSSR count). The molecule has 8 heavy (non-hydrogen) atoms. The third-order valence-electron chi connectivity index (χ3n) is 2.99. The van der Waals surface area contributed by atoms with Gasteiger partial charge in [0.15, 0.2) is 0 Å². The van der Waals surface area contributed by atoms with Gasteiger partial charge in [0.25, 0.3) is 0 Å². The molecule has 0 aromatic heterocycles. The average Bonchev–Trinajstić information content (AvgIpc) is 2.36. The van der Waals surface area contributed by atoms with Gasteiger partial charge in [-0.15, -0.1) is 0 Å². The van der Waals surface area contributed by atoms with Gasteiger partial charge in [-0.3, -0.25) is 0 Å². The lowest BCUT2D eigenvalue weighted by Crippen LogP contribution is -2.18. The molecule has 1 atom stereocenters. The minimum absolute atomic E-state index is 0.814. The van der Waals surface area contributed by atoms with Gasteiger partial charge in [0.2, 0.25) is 0 Å². The zero-order valence-corrected chi connectivity index (χ0v) is 5.19. The molecule has 46 valence electrons. The molecule has 0 amide bonds. The van der Waals surface area contributed by atoms with Crippen LogP contribution in [-0.2, 0) is 0 Å². The third kappa shape index (κ3) is 0.408. The van der Waals surface area contributed by atoms with Crippen LogP contribution in [0.4, 0.5) is 0 Å². The molecule has 1 heteroatoms. The average molecular weight is 111 g/mol. The zero-order valence-electron chi connectivity index (χ0n) is 5.19. The Hall–Kier alpha value is -0.0400. The van der Waals surface area contributed by atoms with Crippen LogP contribution in [0.1, 0.15) is 25.7 Å². The van der Waals surface area contributed by atoms with E-state index in [-0.39, 0.29) is 0 Å². The molecule has 0 aliphatic heterocycles. The van der Waals surface area contributed by atoms with E-state index in [1.54, 1.807) is 0 Å². The van der Waals surface area contributed by atoms with Crippen molar-refractivity contribution >= 4 is 0 Å². The molecule has 2 fully saturated rings. The molecule has 0 saturated heterocycles. The highest BCUT2D eigenvalue weighted by molar-refractivity contribution is 5.07. The first kappa shape index (κ1) is 4.80. The summed E-state index contributed by atoms with van der Waals surface area (Å²) in [6.45, 7) is 0.944. The normalized spacial score (nSPS) is 39.4. The lowest BCUT2D eigenvalue weighted by molar-refractivity contribution is 0.260. The van der Waals surface area contributed by atoms with E-state index in [2.05, 4.69) is 0 Å². The molecular formula is C7H13N. The standard InChI is InChI=1S/C7H13N/c8-5-6-4-7(6)2-1-3-7/h6H,1-5,8H2. The van der Waals surface area contributed by atoms with Crippen molar-refractivity contribution in [2.75, 3.05) is 6.54 Å². The minimum Gasteiger partial charge on any atom is -0.330 e. The maximum absolute atomic E-state index is 5.52. The van der Waals surface area contributed by atoms with Crippen molar-refractivity contribution in [2.45, 2.75) is 25.7 Å². The highest BCUT2D eigenvalue weighted by Gasteiger charge is 2.56. The van der Waals surface area contributed by atoms with E-state index < -0.39 is 0 Å². The van der Waals surface area contributed by atoms with Crippen molar-refractivity contribution in [1.29, 1.82) is 0 Å². The first-order valence-corrected chi connectivity index (χ1v) is 3.57. The van der Waals surface area contributed by atoms with E-state index in [4.69, 9.17) is 5.73 Å². The molecule has 0 radical (unpaired) electrons. The van der Waals surface area contributed by atoms with Crippen molar-refractivity contribution in [1.82, 2.24) is 0 Å². The molecule has 2 aliphatic rings. The Morgan fingerprint density at radius 3 is 2.38 bits per heavy atom. The molecule has 0 heterocycles. The maximum Gasteiger partial charge on any atom is -0.00433 e. The number of hydrogen-bond donors (Lipinski definition) is 1. The van der Waals surface area contributed by atoms with Gasteiger partial charge in [0.1, 0.15) is 0 Å². The summed E-state index contributed by atoms with van der Waals surface area (Å²) in [4.78, 5) is 0. The quantitative estimate of drug-likeness (QED) is 0.539. The summed E-state index contributed by atoms with van der Waals surface area (Å²) >= 11 is 0. The summed E-state index contributed by atoms with van der Waals surface area (Å²) in [6, 6.07) is 0. The van der Waals surface area contributed by atoms with Gasteiger partial charge in [-0.25, -0.2) is 0 Å². The molecule has 0 bridgehead atoms. The van der Waals surface area contributed by atoms with Crippen LogP contribution in [0.15, 0.2) is 0 Å². The third-order valence-corrected chi connectivity index (χ3v) is 2.99. The fourth-order valence-corrected chi connectivity index (χ4v) is 2.01. The van der Waals surface area contributed by atoms with Gasteiger partial charge in [0.05, 0.1) is 0 Å². The number of rotatable bonds is 1. The Morgan fingerprint density at radius 2 is 2.25 bits per heavy atom. The largest absolute Gasteiger partial charge is 0.330 e. The highest BCUT2D eigenvalue weighted by Crippen LogP contribution is 2.64. The van der Waals surface area contributed by atoms with Gasteiger partial charge >= 0.3 is 0 Å². The summed E-state index contributed by atoms with van der Waals surface area (Å²) < 4.78 is 0. The molecular weight excluding hydrogens is 98.1 g/mol. The van der Waals surface area contributed by atoms with Gasteiger partial charge in [-0.05, 0) is 37.1 Å². The SMILES string of the molecule is NCC1CC12CCC2. The Kier molecular flexibility index (Phi) is 0.762. The van der Waals surface area contributed by atoms with Crippen LogP contribution in [0.5, 0.6) is 0 Å². The van der Waals surface area contributed by atoms with Crippen molar-refractivity contribution in [2.24, 2.45) is 17.1 Å². The van der Waals surface area contributed by atoms with Crippen LogP contribution < -0.4 is 5.73 Å². The molecule has 0 aromatic carbocycles. The second-order valence-corrected chi connectivity index (χ2v) is 3.35. The second kappa shape index (κ2) is 1.27. The van der Waals surface area contributed by atoms with E-state index in [0.29, 0.717) is 0 Å². The molecule has 1 unspecified atom stereocenters. The Labute approximate surface area is 50.3 Å². The van der Waals surface area contributed by atoms with Crippen LogP contribution in [0.2, 0.25) is 0 Å². The van der Waals surface area contributed by atoms with Crippen molar-refractivity contribution in [3.05, 3.63) is 0 Å². The number of hydrogen-bond acceptors (Lipinski definition) is 1.